The molecule has 0 atom stereocenters. The number of pyridine rings is 1. The van der Waals surface area contributed by atoms with Gasteiger partial charge in [0.2, 0.25) is 5.91 Å². The number of amides is 1. The van der Waals surface area contributed by atoms with Gasteiger partial charge in [0.15, 0.2) is 0 Å². The topological polar surface area (TPSA) is 85.8 Å². The lowest BCUT2D eigenvalue weighted by Gasteiger charge is -2.09. The van der Waals surface area contributed by atoms with E-state index in [0.717, 1.165) is 5.69 Å². The minimum atomic E-state index is -0.545. The zero-order chi connectivity index (χ0) is 15.5. The average molecular weight is 320 g/mol. The Hall–Kier alpha value is -2.08. The predicted molar refractivity (Wildman–Crippen MR) is 84.8 cm³/mol. The molecule has 6 nitrogen and oxygen atoms in total. The number of anilines is 1. The van der Waals surface area contributed by atoms with Crippen LogP contribution in [0.15, 0.2) is 24.5 Å². The Balaban J connectivity index is 1.64. The molecular formula is C15H18ClN5O. The standard InChI is InChI=1S/C15H18ClN5O/c16-13-7-10(14(17)22)8-18-15(13)19-9-11-5-6-21(20-11)12-3-1-2-4-12/h5-8,12H,1-4,9H2,(H2,17,22)(H,18,19). The first-order valence-electron chi connectivity index (χ1n) is 7.37. The number of halogens is 1. The average Bonchev–Trinajstić information content (AvgIpc) is 3.16. The fraction of sp³-hybridized carbons (Fsp3) is 0.400. The SMILES string of the molecule is NC(=O)c1cnc(NCc2ccn(C3CCCC3)n2)c(Cl)c1. The van der Waals surface area contributed by atoms with Crippen LogP contribution < -0.4 is 11.1 Å². The molecule has 22 heavy (non-hydrogen) atoms. The van der Waals surface area contributed by atoms with Crippen LogP contribution in [0, 0.1) is 0 Å². The number of nitrogens with two attached hydrogens (primary N) is 1. The van der Waals surface area contributed by atoms with E-state index in [9.17, 15) is 4.79 Å². The molecule has 0 bridgehead atoms. The van der Waals surface area contributed by atoms with Crippen LogP contribution in [-0.4, -0.2) is 20.7 Å². The summed E-state index contributed by atoms with van der Waals surface area (Å²) in [5.74, 6) is -0.0293. The molecule has 2 aromatic heterocycles. The summed E-state index contributed by atoms with van der Waals surface area (Å²) >= 11 is 6.09. The summed E-state index contributed by atoms with van der Waals surface area (Å²) in [7, 11) is 0. The van der Waals surface area contributed by atoms with E-state index in [1.54, 1.807) is 0 Å². The summed E-state index contributed by atoms with van der Waals surface area (Å²) in [5.41, 5.74) is 6.42. The van der Waals surface area contributed by atoms with E-state index in [0.29, 0.717) is 29.0 Å². The Morgan fingerprint density at radius 2 is 2.23 bits per heavy atom. The molecule has 3 rings (SSSR count). The largest absolute Gasteiger partial charge is 0.366 e. The van der Waals surface area contributed by atoms with E-state index < -0.39 is 5.91 Å². The van der Waals surface area contributed by atoms with Gasteiger partial charge in [-0.3, -0.25) is 9.48 Å². The van der Waals surface area contributed by atoms with Gasteiger partial charge in [-0.05, 0) is 25.0 Å². The molecule has 7 heteroatoms. The summed E-state index contributed by atoms with van der Waals surface area (Å²) < 4.78 is 2.05. The van der Waals surface area contributed by atoms with E-state index in [4.69, 9.17) is 17.3 Å². The Morgan fingerprint density at radius 1 is 1.45 bits per heavy atom. The third kappa shape index (κ3) is 3.22. The Morgan fingerprint density at radius 3 is 2.91 bits per heavy atom. The molecule has 1 saturated carbocycles. The Labute approximate surface area is 133 Å². The van der Waals surface area contributed by atoms with Gasteiger partial charge < -0.3 is 11.1 Å². The van der Waals surface area contributed by atoms with Gasteiger partial charge in [-0.2, -0.15) is 5.10 Å². The molecule has 3 N–H and O–H groups in total. The minimum Gasteiger partial charge on any atom is -0.366 e. The Bertz CT molecular complexity index is 678. The highest BCUT2D eigenvalue weighted by atomic mass is 35.5. The maximum atomic E-state index is 11.1. The van der Waals surface area contributed by atoms with Crippen molar-refractivity contribution in [2.24, 2.45) is 5.73 Å². The lowest BCUT2D eigenvalue weighted by atomic mass is 10.2. The van der Waals surface area contributed by atoms with Crippen LogP contribution in [0.3, 0.4) is 0 Å². The van der Waals surface area contributed by atoms with Crippen LogP contribution >= 0.6 is 11.6 Å². The molecule has 0 saturated heterocycles. The first kappa shape index (κ1) is 14.8. The molecule has 1 amide bonds. The maximum Gasteiger partial charge on any atom is 0.250 e. The Kier molecular flexibility index (Phi) is 4.29. The van der Waals surface area contributed by atoms with Gasteiger partial charge in [0, 0.05) is 12.4 Å². The third-order valence-corrected chi connectivity index (χ3v) is 4.21. The van der Waals surface area contributed by atoms with Gasteiger partial charge in [-0.15, -0.1) is 0 Å². The number of hydrogen-bond acceptors (Lipinski definition) is 4. The highest BCUT2D eigenvalue weighted by molar-refractivity contribution is 6.33. The van der Waals surface area contributed by atoms with Crippen LogP contribution in [0.1, 0.15) is 47.8 Å². The highest BCUT2D eigenvalue weighted by Crippen LogP contribution is 2.28. The number of carbonyl (C=O) groups excluding carboxylic acids is 1. The normalized spacial score (nSPS) is 15.1. The molecule has 1 fully saturated rings. The van der Waals surface area contributed by atoms with Gasteiger partial charge in [-0.25, -0.2) is 4.98 Å². The zero-order valence-corrected chi connectivity index (χ0v) is 12.9. The molecule has 1 aliphatic carbocycles. The summed E-state index contributed by atoms with van der Waals surface area (Å²) in [6.45, 7) is 0.530. The lowest BCUT2D eigenvalue weighted by molar-refractivity contribution is 0.1000. The first-order valence-corrected chi connectivity index (χ1v) is 7.74. The van der Waals surface area contributed by atoms with Gasteiger partial charge in [0.1, 0.15) is 5.82 Å². The number of carbonyl (C=O) groups is 1. The number of nitrogens with zero attached hydrogens (tertiary/aromatic N) is 3. The zero-order valence-electron chi connectivity index (χ0n) is 12.1. The van der Waals surface area contributed by atoms with Crippen molar-refractivity contribution in [2.45, 2.75) is 38.3 Å². The van der Waals surface area contributed by atoms with E-state index in [1.165, 1.54) is 37.9 Å². The van der Waals surface area contributed by atoms with Gasteiger partial charge >= 0.3 is 0 Å². The molecule has 0 aromatic carbocycles. The number of rotatable bonds is 5. The van der Waals surface area contributed by atoms with E-state index >= 15 is 0 Å². The van der Waals surface area contributed by atoms with Crippen molar-refractivity contribution in [3.8, 4) is 0 Å². The van der Waals surface area contributed by atoms with Crippen LogP contribution in [-0.2, 0) is 6.54 Å². The number of hydrogen-bond donors (Lipinski definition) is 2. The van der Waals surface area contributed by atoms with Crippen LogP contribution in [0.4, 0.5) is 5.82 Å². The van der Waals surface area contributed by atoms with Crippen molar-refractivity contribution in [1.82, 2.24) is 14.8 Å². The highest BCUT2D eigenvalue weighted by Gasteiger charge is 2.17. The fourth-order valence-electron chi connectivity index (χ4n) is 2.72. The second kappa shape index (κ2) is 6.36. The minimum absolute atomic E-state index is 0.293. The van der Waals surface area contributed by atoms with Gasteiger partial charge in [-0.1, -0.05) is 24.4 Å². The molecule has 116 valence electrons. The molecule has 0 radical (unpaired) electrons. The summed E-state index contributed by atoms with van der Waals surface area (Å²) in [6.07, 6.45) is 8.41. The summed E-state index contributed by atoms with van der Waals surface area (Å²) in [4.78, 5) is 15.2. The molecular weight excluding hydrogens is 302 g/mol. The molecule has 0 unspecified atom stereocenters. The maximum absolute atomic E-state index is 11.1. The van der Waals surface area contributed by atoms with E-state index in [-0.39, 0.29) is 0 Å². The van der Waals surface area contributed by atoms with Crippen molar-refractivity contribution in [3.63, 3.8) is 0 Å². The van der Waals surface area contributed by atoms with Crippen molar-refractivity contribution >= 4 is 23.3 Å². The molecule has 0 aliphatic heterocycles. The summed E-state index contributed by atoms with van der Waals surface area (Å²) in [5, 5.41) is 8.09. The fourth-order valence-corrected chi connectivity index (χ4v) is 2.95. The second-order valence-corrected chi connectivity index (χ2v) is 5.90. The number of primary amides is 1. The van der Waals surface area contributed by atoms with Crippen LogP contribution in [0.2, 0.25) is 5.02 Å². The lowest BCUT2D eigenvalue weighted by Crippen LogP contribution is -2.12. The first-order chi connectivity index (χ1) is 10.6. The van der Waals surface area contributed by atoms with Crippen molar-refractivity contribution < 1.29 is 4.79 Å². The van der Waals surface area contributed by atoms with Crippen LogP contribution in [0.5, 0.6) is 0 Å². The number of nitrogens with one attached hydrogen (secondary N) is 1. The smallest absolute Gasteiger partial charge is 0.250 e. The monoisotopic (exact) mass is 319 g/mol. The molecule has 1 aliphatic rings. The summed E-state index contributed by atoms with van der Waals surface area (Å²) in [6, 6.07) is 4.04. The molecule has 0 spiro atoms. The number of aromatic nitrogens is 3. The quantitative estimate of drug-likeness (QED) is 0.887. The van der Waals surface area contributed by atoms with Gasteiger partial charge in [0.05, 0.1) is 28.9 Å². The molecule has 2 heterocycles. The third-order valence-electron chi connectivity index (χ3n) is 3.93. The molecule has 2 aromatic rings. The second-order valence-electron chi connectivity index (χ2n) is 5.50. The van der Waals surface area contributed by atoms with Crippen molar-refractivity contribution in [1.29, 1.82) is 0 Å². The van der Waals surface area contributed by atoms with Crippen molar-refractivity contribution in [2.75, 3.05) is 5.32 Å². The van der Waals surface area contributed by atoms with E-state index in [2.05, 4.69) is 20.1 Å². The van der Waals surface area contributed by atoms with Gasteiger partial charge in [0.25, 0.3) is 0 Å². The van der Waals surface area contributed by atoms with Crippen molar-refractivity contribution in [3.05, 3.63) is 40.8 Å². The van der Waals surface area contributed by atoms with E-state index in [1.807, 2.05) is 12.3 Å². The predicted octanol–water partition coefficient (Wildman–Crippen LogP) is 2.76. The van der Waals surface area contributed by atoms with Crippen LogP contribution in [0.25, 0.3) is 0 Å².